The van der Waals surface area contributed by atoms with Crippen molar-refractivity contribution in [2.24, 2.45) is 10.9 Å². The van der Waals surface area contributed by atoms with E-state index in [2.05, 4.69) is 4.99 Å². The van der Waals surface area contributed by atoms with Crippen LogP contribution in [0.2, 0.25) is 0 Å². The topological polar surface area (TPSA) is 102 Å². The van der Waals surface area contributed by atoms with Crippen molar-refractivity contribution in [2.75, 3.05) is 13.2 Å². The average Bonchev–Trinajstić information content (AvgIpc) is 3.08. The van der Waals surface area contributed by atoms with Crippen molar-refractivity contribution in [3.63, 3.8) is 0 Å². The number of aliphatic imine (C=N–C) groups is 1. The molecule has 2 rings (SSSR count). The molecule has 0 amide bonds. The van der Waals surface area contributed by atoms with E-state index in [1.807, 2.05) is 6.07 Å². The van der Waals surface area contributed by atoms with Crippen LogP contribution in [0.5, 0.6) is 0 Å². The number of esters is 2. The monoisotopic (exact) mass is 330 g/mol. The third-order valence-corrected chi connectivity index (χ3v) is 3.63. The number of hydrogen-bond acceptors (Lipinski definition) is 7. The molecule has 0 aromatic carbocycles. The largest absolute Gasteiger partial charge is 0.469 e. The van der Waals surface area contributed by atoms with Crippen LogP contribution in [0.25, 0.3) is 0 Å². The first kappa shape index (κ1) is 17.5. The van der Waals surface area contributed by atoms with Crippen LogP contribution in [0, 0.1) is 17.2 Å². The first-order chi connectivity index (χ1) is 11.5. The maximum Gasteiger partial charge on any atom is 0.337 e. The Labute approximate surface area is 139 Å². The van der Waals surface area contributed by atoms with Crippen LogP contribution >= 0.6 is 0 Å². The van der Waals surface area contributed by atoms with Crippen molar-refractivity contribution in [3.8, 4) is 6.07 Å². The van der Waals surface area contributed by atoms with Gasteiger partial charge in [-0.25, -0.2) is 9.79 Å². The summed E-state index contributed by atoms with van der Waals surface area (Å²) in [5.41, 5.74) is 0.324. The van der Waals surface area contributed by atoms with Crippen molar-refractivity contribution in [1.82, 2.24) is 0 Å². The van der Waals surface area contributed by atoms with Crippen LogP contribution in [0.1, 0.15) is 32.4 Å². The minimum Gasteiger partial charge on any atom is -0.469 e. The smallest absolute Gasteiger partial charge is 0.337 e. The number of nitrogens with zero attached hydrogens (tertiary/aromatic N) is 2. The highest BCUT2D eigenvalue weighted by atomic mass is 16.5. The van der Waals surface area contributed by atoms with Gasteiger partial charge in [0, 0.05) is 5.71 Å². The van der Waals surface area contributed by atoms with E-state index in [0.717, 1.165) is 0 Å². The molecule has 0 aliphatic carbocycles. The Morgan fingerprint density at radius 2 is 2.04 bits per heavy atom. The molecule has 0 fully saturated rings. The summed E-state index contributed by atoms with van der Waals surface area (Å²) in [4.78, 5) is 29.0. The number of allylic oxidation sites excluding steroid dienone is 1. The second-order valence-electron chi connectivity index (χ2n) is 5.07. The zero-order valence-corrected chi connectivity index (χ0v) is 13.7. The Morgan fingerprint density at radius 1 is 1.33 bits per heavy atom. The molecule has 0 saturated carbocycles. The Bertz CT molecular complexity index is 725. The first-order valence-corrected chi connectivity index (χ1v) is 7.61. The van der Waals surface area contributed by atoms with E-state index in [1.165, 1.54) is 6.26 Å². The average molecular weight is 330 g/mol. The van der Waals surface area contributed by atoms with E-state index in [4.69, 9.17) is 13.9 Å². The van der Waals surface area contributed by atoms with Crippen LogP contribution in [-0.4, -0.2) is 30.9 Å². The van der Waals surface area contributed by atoms with Crippen molar-refractivity contribution in [2.45, 2.75) is 26.7 Å². The van der Waals surface area contributed by atoms with Crippen LogP contribution in [-0.2, 0) is 19.1 Å². The van der Waals surface area contributed by atoms with Gasteiger partial charge in [0.15, 0.2) is 5.70 Å². The van der Waals surface area contributed by atoms with E-state index in [-0.39, 0.29) is 24.5 Å². The second-order valence-corrected chi connectivity index (χ2v) is 5.07. The summed E-state index contributed by atoms with van der Waals surface area (Å²) < 4.78 is 15.6. The molecule has 7 heteroatoms. The minimum atomic E-state index is -0.854. The Balaban J connectivity index is 2.62. The van der Waals surface area contributed by atoms with Gasteiger partial charge in [-0.05, 0) is 32.9 Å². The summed E-state index contributed by atoms with van der Waals surface area (Å²) >= 11 is 0. The molecule has 1 aromatic heterocycles. The number of furan rings is 1. The number of nitriles is 1. The van der Waals surface area contributed by atoms with E-state index < -0.39 is 23.8 Å². The minimum absolute atomic E-state index is 0.0120. The normalized spacial score (nSPS) is 20.2. The van der Waals surface area contributed by atoms with Crippen LogP contribution in [0.3, 0.4) is 0 Å². The summed E-state index contributed by atoms with van der Waals surface area (Å²) in [6, 6.07) is 5.19. The van der Waals surface area contributed by atoms with Gasteiger partial charge >= 0.3 is 11.9 Å². The van der Waals surface area contributed by atoms with Crippen molar-refractivity contribution in [3.05, 3.63) is 35.4 Å². The molecule has 0 radical (unpaired) electrons. The standard InChI is InChI=1S/C17H18N2O5/c1-4-22-16(20)13-10(3)19-11(9-18)14(17(21)23-5-2)15(13)12-7-6-8-24-12/h6-8,13,15H,4-5H2,1-3H3. The third-order valence-electron chi connectivity index (χ3n) is 3.63. The van der Waals surface area contributed by atoms with Crippen LogP contribution in [0.4, 0.5) is 0 Å². The van der Waals surface area contributed by atoms with Gasteiger partial charge in [-0.1, -0.05) is 0 Å². The fourth-order valence-corrected chi connectivity index (χ4v) is 2.69. The molecule has 24 heavy (non-hydrogen) atoms. The SMILES string of the molecule is CCOC(=O)C1=C(C#N)N=C(C)C(C(=O)OCC)C1c1ccco1. The predicted octanol–water partition coefficient (Wildman–Crippen LogP) is 2.36. The van der Waals surface area contributed by atoms with E-state index in [1.54, 1.807) is 32.9 Å². The van der Waals surface area contributed by atoms with E-state index in [0.29, 0.717) is 11.5 Å². The van der Waals surface area contributed by atoms with Crippen LogP contribution < -0.4 is 0 Å². The number of carbonyl (C=O) groups is 2. The molecular weight excluding hydrogens is 312 g/mol. The third kappa shape index (κ3) is 3.23. The summed E-state index contributed by atoms with van der Waals surface area (Å²) in [5.74, 6) is -2.52. The fourth-order valence-electron chi connectivity index (χ4n) is 2.69. The Kier molecular flexibility index (Phi) is 5.53. The maximum atomic E-state index is 12.4. The highest BCUT2D eigenvalue weighted by Gasteiger charge is 2.44. The Hall–Kier alpha value is -2.88. The van der Waals surface area contributed by atoms with Gasteiger partial charge in [0.2, 0.25) is 0 Å². The van der Waals surface area contributed by atoms with Gasteiger partial charge in [0.25, 0.3) is 0 Å². The lowest BCUT2D eigenvalue weighted by atomic mass is 9.78. The molecule has 0 spiro atoms. The summed E-state index contributed by atoms with van der Waals surface area (Å²) in [6.07, 6.45) is 1.44. The highest BCUT2D eigenvalue weighted by Crippen LogP contribution is 2.40. The Morgan fingerprint density at radius 3 is 2.58 bits per heavy atom. The number of carbonyl (C=O) groups excluding carboxylic acids is 2. The van der Waals surface area contributed by atoms with Gasteiger partial charge in [-0.3, -0.25) is 4.79 Å². The lowest BCUT2D eigenvalue weighted by Gasteiger charge is -2.28. The molecule has 0 saturated heterocycles. The van der Waals surface area contributed by atoms with Gasteiger partial charge in [-0.15, -0.1) is 0 Å². The van der Waals surface area contributed by atoms with Gasteiger partial charge in [0.1, 0.15) is 17.7 Å². The second kappa shape index (κ2) is 7.59. The summed E-state index contributed by atoms with van der Waals surface area (Å²) in [5, 5.41) is 9.37. The van der Waals surface area contributed by atoms with Crippen molar-refractivity contribution in [1.29, 1.82) is 5.26 Å². The summed E-state index contributed by atoms with van der Waals surface area (Å²) in [7, 11) is 0. The van der Waals surface area contributed by atoms with Gasteiger partial charge in [-0.2, -0.15) is 5.26 Å². The number of rotatable bonds is 5. The highest BCUT2D eigenvalue weighted by molar-refractivity contribution is 6.07. The zero-order valence-electron chi connectivity index (χ0n) is 13.7. The summed E-state index contributed by atoms with van der Waals surface area (Å²) in [6.45, 7) is 5.30. The molecule has 1 aliphatic heterocycles. The first-order valence-electron chi connectivity index (χ1n) is 7.61. The quantitative estimate of drug-likeness (QED) is 0.768. The fraction of sp³-hybridized carbons (Fsp3) is 0.412. The molecular formula is C17H18N2O5. The number of ether oxygens (including phenoxy) is 2. The van der Waals surface area contributed by atoms with Gasteiger partial charge in [0.05, 0.1) is 31.0 Å². The molecule has 2 atom stereocenters. The molecule has 1 aliphatic rings. The van der Waals surface area contributed by atoms with Crippen molar-refractivity contribution >= 4 is 17.7 Å². The van der Waals surface area contributed by atoms with E-state index >= 15 is 0 Å². The molecule has 2 unspecified atom stereocenters. The molecule has 2 heterocycles. The molecule has 126 valence electrons. The predicted molar refractivity (Wildman–Crippen MR) is 84.0 cm³/mol. The van der Waals surface area contributed by atoms with Gasteiger partial charge < -0.3 is 13.9 Å². The number of hydrogen-bond donors (Lipinski definition) is 0. The molecule has 1 aromatic rings. The maximum absolute atomic E-state index is 12.4. The lowest BCUT2D eigenvalue weighted by Crippen LogP contribution is -2.36. The molecule has 0 bridgehead atoms. The molecule has 0 N–H and O–H groups in total. The zero-order chi connectivity index (χ0) is 17.7. The molecule has 7 nitrogen and oxygen atoms in total. The lowest BCUT2D eigenvalue weighted by molar-refractivity contribution is -0.146. The van der Waals surface area contributed by atoms with Crippen LogP contribution in [0.15, 0.2) is 39.1 Å². The van der Waals surface area contributed by atoms with E-state index in [9.17, 15) is 14.9 Å². The van der Waals surface area contributed by atoms with Crippen molar-refractivity contribution < 1.29 is 23.5 Å².